The summed E-state index contributed by atoms with van der Waals surface area (Å²) in [5.41, 5.74) is 4.32. The summed E-state index contributed by atoms with van der Waals surface area (Å²) >= 11 is 0. The van der Waals surface area contributed by atoms with Gasteiger partial charge in [-0.3, -0.25) is 19.6 Å². The lowest BCUT2D eigenvalue weighted by Gasteiger charge is -2.05. The fourth-order valence-electron chi connectivity index (χ4n) is 1.08. The number of aromatic nitrogens is 4. The smallest absolute Gasteiger partial charge is 0.369 e. The number of nitrogen functional groups attached to an aromatic ring is 1. The van der Waals surface area contributed by atoms with Crippen LogP contribution in [0.2, 0.25) is 0 Å². The van der Waals surface area contributed by atoms with E-state index in [1.54, 1.807) is 0 Å². The molecule has 0 radical (unpaired) electrons. The molecule has 98 valence electrons. The Morgan fingerprint density at radius 1 is 1.50 bits per heavy atom. The summed E-state index contributed by atoms with van der Waals surface area (Å²) in [6.07, 6.45) is 0.908. The molecule has 18 heavy (non-hydrogen) atoms. The first-order valence-corrected chi connectivity index (χ1v) is 5.38. The second kappa shape index (κ2) is 5.64. The van der Waals surface area contributed by atoms with Gasteiger partial charge >= 0.3 is 30.9 Å². The van der Waals surface area contributed by atoms with Crippen molar-refractivity contribution in [3.8, 4) is 0 Å². The number of nitrogens with two attached hydrogens (primary N) is 1. The molecule has 2 heterocycles. The van der Waals surface area contributed by atoms with E-state index in [0.29, 0.717) is 4.73 Å². The fraction of sp³-hybridized carbons (Fsp3) is 0. The highest BCUT2D eigenvalue weighted by Gasteiger charge is 2.19. The van der Waals surface area contributed by atoms with Crippen LogP contribution in [-0.2, 0) is 4.57 Å². The zero-order chi connectivity index (χ0) is 11.9. The average Bonchev–Trinajstić information content (AvgIpc) is 2.46. The number of rotatable bonds is 2. The van der Waals surface area contributed by atoms with Crippen LogP contribution in [-0.4, -0.2) is 52.5 Å². The summed E-state index contributed by atoms with van der Waals surface area (Å²) in [5, 5.41) is 0. The Hall–Kier alpha value is -1.17. The topological polar surface area (TPSA) is 191 Å². The second-order valence-electron chi connectivity index (χ2n) is 2.77. The minimum atomic E-state index is -4.76. The monoisotopic (exact) mass is 290 g/mol. The van der Waals surface area contributed by atoms with E-state index in [0.717, 1.165) is 6.33 Å². The third-order valence-electron chi connectivity index (χ3n) is 1.59. The van der Waals surface area contributed by atoms with Gasteiger partial charge in [0, 0.05) is 0 Å². The van der Waals surface area contributed by atoms with Gasteiger partial charge in [-0.05, 0) is 0 Å². The lowest BCUT2D eigenvalue weighted by molar-refractivity contribution is 0.183. The van der Waals surface area contributed by atoms with Crippen molar-refractivity contribution in [3.63, 3.8) is 0 Å². The van der Waals surface area contributed by atoms with E-state index in [1.165, 1.54) is 0 Å². The first-order chi connectivity index (χ1) is 7.37. The van der Waals surface area contributed by atoms with Crippen LogP contribution in [0.4, 0.5) is 5.95 Å². The Labute approximate surface area is 115 Å². The van der Waals surface area contributed by atoms with E-state index in [4.69, 9.17) is 15.5 Å². The zero-order valence-corrected chi connectivity index (χ0v) is 9.16. The molecular formula is C5H11MgN6O5P. The molecule has 2 aromatic rings. The molecular weight excluding hydrogens is 279 g/mol. The lowest BCUT2D eigenvalue weighted by Crippen LogP contribution is -2.14. The van der Waals surface area contributed by atoms with Crippen LogP contribution in [0.3, 0.4) is 0 Å². The number of anilines is 1. The molecule has 8 N–H and O–H groups in total. The van der Waals surface area contributed by atoms with Gasteiger partial charge in [-0.15, -0.1) is 4.73 Å². The van der Waals surface area contributed by atoms with Crippen molar-refractivity contribution in [1.29, 1.82) is 0 Å². The maximum atomic E-state index is 11.3. The van der Waals surface area contributed by atoms with Gasteiger partial charge in [-0.2, -0.15) is 4.98 Å². The van der Waals surface area contributed by atoms with Crippen LogP contribution in [0.25, 0.3) is 11.2 Å². The number of H-pyrrole nitrogens is 1. The SMILES string of the molecule is N.Nc1nc2c(ncn2OP(=O)(O)O)c(=O)[nH]1.[MgH2]. The Balaban J connectivity index is 0.00000144. The number of hydrogen-bond acceptors (Lipinski definition) is 7. The maximum absolute atomic E-state index is 11.3. The predicted molar refractivity (Wildman–Crippen MR) is 64.8 cm³/mol. The quantitative estimate of drug-likeness (QED) is 0.293. The van der Waals surface area contributed by atoms with Gasteiger partial charge < -0.3 is 16.5 Å². The maximum Gasteiger partial charge on any atom is 0.543 e. The Bertz CT molecular complexity index is 647. The Morgan fingerprint density at radius 3 is 2.67 bits per heavy atom. The van der Waals surface area contributed by atoms with Gasteiger partial charge in [0.25, 0.3) is 5.56 Å². The normalized spacial score (nSPS) is 10.6. The number of aromatic amines is 1. The number of fused-ring (bicyclic) bond motifs is 1. The first-order valence-electron chi connectivity index (χ1n) is 3.85. The summed E-state index contributed by atoms with van der Waals surface area (Å²) < 4.78 is 15.4. The molecule has 0 unspecified atom stereocenters. The van der Waals surface area contributed by atoms with Crippen LogP contribution < -0.4 is 22.1 Å². The summed E-state index contributed by atoms with van der Waals surface area (Å²) in [4.78, 5) is 37.8. The molecule has 0 saturated carbocycles. The third-order valence-corrected chi connectivity index (χ3v) is 1.98. The van der Waals surface area contributed by atoms with Crippen molar-refractivity contribution in [2.45, 2.75) is 0 Å². The van der Waals surface area contributed by atoms with Crippen molar-refractivity contribution in [2.75, 3.05) is 5.73 Å². The Kier molecular flexibility index (Phi) is 5.28. The lowest BCUT2D eigenvalue weighted by atomic mass is 10.5. The summed E-state index contributed by atoms with van der Waals surface area (Å²) in [6.45, 7) is 0. The molecule has 0 aliphatic heterocycles. The molecule has 13 heteroatoms. The van der Waals surface area contributed by atoms with Crippen LogP contribution >= 0.6 is 7.82 Å². The highest BCUT2D eigenvalue weighted by molar-refractivity contribution is 7.46. The van der Waals surface area contributed by atoms with Crippen molar-refractivity contribution in [2.24, 2.45) is 0 Å². The molecule has 0 spiro atoms. The predicted octanol–water partition coefficient (Wildman–Crippen LogP) is -2.53. The van der Waals surface area contributed by atoms with Crippen molar-refractivity contribution >= 4 is 48.0 Å². The van der Waals surface area contributed by atoms with Gasteiger partial charge in [-0.1, -0.05) is 0 Å². The third kappa shape index (κ3) is 3.41. The fourth-order valence-corrected chi connectivity index (χ4v) is 1.43. The largest absolute Gasteiger partial charge is 0.543 e. The molecule has 0 saturated heterocycles. The van der Waals surface area contributed by atoms with E-state index in [2.05, 4.69) is 19.6 Å². The highest BCUT2D eigenvalue weighted by atomic mass is 31.2. The summed E-state index contributed by atoms with van der Waals surface area (Å²) in [7, 11) is -4.76. The Morgan fingerprint density at radius 2 is 2.11 bits per heavy atom. The van der Waals surface area contributed by atoms with Crippen LogP contribution in [0, 0.1) is 0 Å². The number of nitrogens with zero attached hydrogens (tertiary/aromatic N) is 3. The first kappa shape index (κ1) is 16.8. The molecule has 0 fully saturated rings. The molecule has 0 bridgehead atoms. The molecule has 2 rings (SSSR count). The number of phosphoric acid groups is 1. The van der Waals surface area contributed by atoms with E-state index in [1.807, 2.05) is 0 Å². The molecule has 0 aliphatic carbocycles. The second-order valence-corrected chi connectivity index (χ2v) is 3.91. The molecule has 2 aromatic heterocycles. The van der Waals surface area contributed by atoms with Gasteiger partial charge in [0.2, 0.25) is 11.6 Å². The molecule has 11 nitrogen and oxygen atoms in total. The van der Waals surface area contributed by atoms with E-state index in [9.17, 15) is 9.36 Å². The number of hydrogen-bond donors (Lipinski definition) is 5. The number of nitrogens with one attached hydrogen (secondary N) is 1. The van der Waals surface area contributed by atoms with Crippen LogP contribution in [0.15, 0.2) is 11.1 Å². The van der Waals surface area contributed by atoms with Gasteiger partial charge in [-0.25, -0.2) is 9.55 Å². The van der Waals surface area contributed by atoms with Gasteiger partial charge in [0.1, 0.15) is 6.33 Å². The summed E-state index contributed by atoms with van der Waals surface area (Å²) in [5.74, 6) is -0.214. The molecule has 0 aromatic carbocycles. The van der Waals surface area contributed by atoms with E-state index < -0.39 is 13.4 Å². The van der Waals surface area contributed by atoms with Crippen molar-refractivity contribution in [3.05, 3.63) is 16.7 Å². The van der Waals surface area contributed by atoms with Crippen molar-refractivity contribution < 1.29 is 19.0 Å². The van der Waals surface area contributed by atoms with Gasteiger partial charge in [0.15, 0.2) is 5.52 Å². The molecule has 0 amide bonds. The average molecular weight is 290 g/mol. The minimum absolute atomic E-state index is 0. The van der Waals surface area contributed by atoms with Crippen LogP contribution in [0.5, 0.6) is 0 Å². The number of imidazole rings is 1. The van der Waals surface area contributed by atoms with Gasteiger partial charge in [0.05, 0.1) is 0 Å². The van der Waals surface area contributed by atoms with Crippen LogP contribution in [0.1, 0.15) is 0 Å². The summed E-state index contributed by atoms with van der Waals surface area (Å²) in [6, 6.07) is 0. The minimum Gasteiger partial charge on any atom is -0.369 e. The zero-order valence-electron chi connectivity index (χ0n) is 8.27. The van der Waals surface area contributed by atoms with E-state index in [-0.39, 0.29) is 46.3 Å². The van der Waals surface area contributed by atoms with E-state index >= 15 is 0 Å². The molecule has 0 aliphatic rings. The molecule has 0 atom stereocenters. The highest BCUT2D eigenvalue weighted by Crippen LogP contribution is 2.31. The standard InChI is InChI=1S/C5H6N5O5P.Mg.H3N.2H/c6-5-8-3-2(4(11)9-5)7-1-10(3)15-16(12,13)14;;;;/h1H,(H2,12,13,14)(H3,6,8,9,11);;1H3;;. The van der Waals surface area contributed by atoms with Crippen molar-refractivity contribution in [1.82, 2.24) is 25.8 Å².